The fourth-order valence-electron chi connectivity index (χ4n) is 3.41. The Morgan fingerprint density at radius 1 is 1.43 bits per heavy atom. The number of para-hydroxylation sites is 1. The zero-order valence-electron chi connectivity index (χ0n) is 12.9. The number of alkyl halides is 1. The molecule has 2 unspecified atom stereocenters. The molecule has 3 rings (SSSR count). The van der Waals surface area contributed by atoms with Crippen molar-refractivity contribution < 1.29 is 4.39 Å². The van der Waals surface area contributed by atoms with Gasteiger partial charge in [0.2, 0.25) is 0 Å². The van der Waals surface area contributed by atoms with Gasteiger partial charge in [0.1, 0.15) is 5.67 Å². The average molecular weight is 289 g/mol. The van der Waals surface area contributed by atoms with Crippen LogP contribution in [-0.4, -0.2) is 28.5 Å². The summed E-state index contributed by atoms with van der Waals surface area (Å²) in [5.74, 6) is 0.0804. The van der Waals surface area contributed by atoms with Crippen molar-refractivity contribution >= 4 is 10.9 Å². The van der Waals surface area contributed by atoms with Gasteiger partial charge < -0.3 is 5.32 Å². The average Bonchev–Trinajstić information content (AvgIpc) is 2.86. The van der Waals surface area contributed by atoms with Crippen LogP contribution in [0.5, 0.6) is 0 Å². The molecule has 1 fully saturated rings. The van der Waals surface area contributed by atoms with E-state index in [1.807, 2.05) is 16.8 Å². The number of piperidine rings is 1. The molecule has 1 N–H and O–H groups in total. The standard InChI is InChI=1S/C17H24FN3/c1-3-21-16-9-5-4-8-14(16)15(20-21)11-17(2,18)13-7-6-10-19-12-13/h4-5,8-9,13,19H,3,6-7,10-12H2,1-2H3. The van der Waals surface area contributed by atoms with Gasteiger partial charge in [-0.3, -0.25) is 4.68 Å². The highest BCUT2D eigenvalue weighted by atomic mass is 19.1. The van der Waals surface area contributed by atoms with Crippen LogP contribution in [0.1, 0.15) is 32.4 Å². The monoisotopic (exact) mass is 289 g/mol. The molecule has 114 valence electrons. The van der Waals surface area contributed by atoms with Crippen molar-refractivity contribution in [2.24, 2.45) is 5.92 Å². The van der Waals surface area contributed by atoms with Crippen LogP contribution in [0.4, 0.5) is 4.39 Å². The minimum Gasteiger partial charge on any atom is -0.316 e. The maximum atomic E-state index is 15.2. The summed E-state index contributed by atoms with van der Waals surface area (Å²) in [6, 6.07) is 8.14. The number of aryl methyl sites for hydroxylation is 1. The SMILES string of the molecule is CCn1nc(CC(C)(F)C2CCCNC2)c2ccccc21. The van der Waals surface area contributed by atoms with E-state index in [1.165, 1.54) is 0 Å². The molecule has 0 amide bonds. The summed E-state index contributed by atoms with van der Waals surface area (Å²) >= 11 is 0. The molecule has 0 saturated carbocycles. The van der Waals surface area contributed by atoms with Crippen LogP contribution in [0.15, 0.2) is 24.3 Å². The van der Waals surface area contributed by atoms with Gasteiger partial charge in [0, 0.05) is 30.8 Å². The molecule has 2 heterocycles. The Balaban J connectivity index is 1.90. The normalized spacial score (nSPS) is 22.3. The van der Waals surface area contributed by atoms with E-state index in [2.05, 4.69) is 29.5 Å². The quantitative estimate of drug-likeness (QED) is 0.935. The number of fused-ring (bicyclic) bond motifs is 1. The number of hydrogen-bond acceptors (Lipinski definition) is 2. The van der Waals surface area contributed by atoms with Crippen LogP contribution in [0.25, 0.3) is 10.9 Å². The van der Waals surface area contributed by atoms with Crippen LogP contribution in [0.2, 0.25) is 0 Å². The van der Waals surface area contributed by atoms with Crippen LogP contribution < -0.4 is 5.32 Å². The van der Waals surface area contributed by atoms with Crippen LogP contribution >= 0.6 is 0 Å². The summed E-state index contributed by atoms with van der Waals surface area (Å²) < 4.78 is 17.2. The lowest BCUT2D eigenvalue weighted by molar-refractivity contribution is 0.0825. The number of hydrogen-bond donors (Lipinski definition) is 1. The van der Waals surface area contributed by atoms with E-state index >= 15 is 4.39 Å². The molecule has 21 heavy (non-hydrogen) atoms. The van der Waals surface area contributed by atoms with Crippen molar-refractivity contribution in [3.63, 3.8) is 0 Å². The van der Waals surface area contributed by atoms with Gasteiger partial charge in [0.15, 0.2) is 0 Å². The highest BCUT2D eigenvalue weighted by molar-refractivity contribution is 5.82. The Labute approximate surface area is 125 Å². The third-order valence-electron chi connectivity index (χ3n) is 4.70. The summed E-state index contributed by atoms with van der Waals surface area (Å²) in [7, 11) is 0. The minimum absolute atomic E-state index is 0.0804. The third kappa shape index (κ3) is 2.82. The van der Waals surface area contributed by atoms with Crippen LogP contribution in [-0.2, 0) is 13.0 Å². The smallest absolute Gasteiger partial charge is 0.117 e. The summed E-state index contributed by atoms with van der Waals surface area (Å²) in [4.78, 5) is 0. The summed E-state index contributed by atoms with van der Waals surface area (Å²) in [6.45, 7) is 6.42. The first-order valence-electron chi connectivity index (χ1n) is 7.96. The zero-order valence-corrected chi connectivity index (χ0v) is 12.9. The van der Waals surface area contributed by atoms with E-state index in [9.17, 15) is 0 Å². The molecule has 2 aromatic rings. The van der Waals surface area contributed by atoms with Gasteiger partial charge in [-0.05, 0) is 39.3 Å². The maximum absolute atomic E-state index is 15.2. The molecule has 1 aliphatic heterocycles. The van der Waals surface area contributed by atoms with Crippen LogP contribution in [0, 0.1) is 5.92 Å². The molecule has 0 bridgehead atoms. The molecule has 4 heteroatoms. The zero-order chi connectivity index (χ0) is 14.9. The molecule has 1 saturated heterocycles. The highest BCUT2D eigenvalue weighted by Crippen LogP contribution is 2.33. The van der Waals surface area contributed by atoms with Gasteiger partial charge in [-0.2, -0.15) is 5.10 Å². The Hall–Kier alpha value is -1.42. The fraction of sp³-hybridized carbons (Fsp3) is 0.588. The van der Waals surface area contributed by atoms with Gasteiger partial charge in [-0.25, -0.2) is 4.39 Å². The number of rotatable bonds is 4. The Bertz CT molecular complexity index is 612. The predicted octanol–water partition coefficient (Wildman–Crippen LogP) is 3.33. The second-order valence-electron chi connectivity index (χ2n) is 6.28. The van der Waals surface area contributed by atoms with Crippen molar-refractivity contribution in [1.29, 1.82) is 0 Å². The molecule has 1 aromatic carbocycles. The van der Waals surface area contributed by atoms with Crippen molar-refractivity contribution in [3.8, 4) is 0 Å². The molecule has 1 aromatic heterocycles. The van der Waals surface area contributed by atoms with Crippen molar-refractivity contribution in [2.45, 2.75) is 45.3 Å². The van der Waals surface area contributed by atoms with Crippen molar-refractivity contribution in [2.75, 3.05) is 13.1 Å². The maximum Gasteiger partial charge on any atom is 0.117 e. The van der Waals surface area contributed by atoms with Gasteiger partial charge in [0.25, 0.3) is 0 Å². The van der Waals surface area contributed by atoms with Crippen molar-refractivity contribution in [3.05, 3.63) is 30.0 Å². The van der Waals surface area contributed by atoms with Gasteiger partial charge in [0.05, 0.1) is 11.2 Å². The molecule has 0 aliphatic carbocycles. The summed E-state index contributed by atoms with van der Waals surface area (Å²) in [5, 5.41) is 9.05. The molecular formula is C17H24FN3. The minimum atomic E-state index is -1.21. The first kappa shape index (κ1) is 14.5. The number of nitrogens with one attached hydrogen (secondary N) is 1. The first-order chi connectivity index (χ1) is 10.1. The largest absolute Gasteiger partial charge is 0.316 e. The van der Waals surface area contributed by atoms with E-state index in [4.69, 9.17) is 0 Å². The lowest BCUT2D eigenvalue weighted by Gasteiger charge is -2.33. The first-order valence-corrected chi connectivity index (χ1v) is 7.96. The molecule has 0 spiro atoms. The summed E-state index contributed by atoms with van der Waals surface area (Å²) in [5.41, 5.74) is 0.791. The molecule has 2 atom stereocenters. The van der Waals surface area contributed by atoms with Crippen molar-refractivity contribution in [1.82, 2.24) is 15.1 Å². The second-order valence-corrected chi connectivity index (χ2v) is 6.28. The van der Waals surface area contributed by atoms with Gasteiger partial charge >= 0.3 is 0 Å². The molecule has 3 nitrogen and oxygen atoms in total. The van der Waals surface area contributed by atoms with E-state index in [0.717, 1.165) is 49.1 Å². The lowest BCUT2D eigenvalue weighted by Crippen LogP contribution is -2.42. The highest BCUT2D eigenvalue weighted by Gasteiger charge is 2.36. The summed E-state index contributed by atoms with van der Waals surface area (Å²) in [6.07, 6.45) is 2.42. The number of benzene rings is 1. The predicted molar refractivity (Wildman–Crippen MR) is 84.2 cm³/mol. The van der Waals surface area contributed by atoms with E-state index in [1.54, 1.807) is 6.92 Å². The Morgan fingerprint density at radius 2 is 2.24 bits per heavy atom. The Morgan fingerprint density at radius 3 is 2.95 bits per heavy atom. The van der Waals surface area contributed by atoms with E-state index in [0.29, 0.717) is 6.42 Å². The third-order valence-corrected chi connectivity index (χ3v) is 4.70. The number of aromatic nitrogens is 2. The Kier molecular flexibility index (Phi) is 3.98. The molecular weight excluding hydrogens is 265 g/mol. The lowest BCUT2D eigenvalue weighted by atomic mass is 9.81. The molecule has 0 radical (unpaired) electrons. The van der Waals surface area contributed by atoms with E-state index in [-0.39, 0.29) is 5.92 Å². The topological polar surface area (TPSA) is 29.9 Å². The fourth-order valence-corrected chi connectivity index (χ4v) is 3.41. The number of nitrogens with zero attached hydrogens (tertiary/aromatic N) is 2. The van der Waals surface area contributed by atoms with Gasteiger partial charge in [-0.1, -0.05) is 18.2 Å². The van der Waals surface area contributed by atoms with E-state index < -0.39 is 5.67 Å². The van der Waals surface area contributed by atoms with Crippen LogP contribution in [0.3, 0.4) is 0 Å². The second kappa shape index (κ2) is 5.76. The molecule has 1 aliphatic rings. The van der Waals surface area contributed by atoms with Gasteiger partial charge in [-0.15, -0.1) is 0 Å². The number of halogens is 1.